The van der Waals surface area contributed by atoms with Crippen LogP contribution in [0, 0.1) is 12.8 Å². The molecule has 1 unspecified atom stereocenters. The molecule has 1 fully saturated rings. The molecule has 0 aliphatic carbocycles. The van der Waals surface area contributed by atoms with Gasteiger partial charge in [0.05, 0.1) is 19.1 Å². The molecular formula is C13H20N2O3. The molecule has 2 N–H and O–H groups in total. The lowest BCUT2D eigenvalue weighted by atomic mass is 10.0. The molecule has 100 valence electrons. The second-order valence-electron chi connectivity index (χ2n) is 4.59. The number of rotatable bonds is 4. The van der Waals surface area contributed by atoms with Gasteiger partial charge in [-0.25, -0.2) is 0 Å². The Morgan fingerprint density at radius 2 is 2.17 bits per heavy atom. The van der Waals surface area contributed by atoms with Crippen LogP contribution in [0.5, 0.6) is 0 Å². The van der Waals surface area contributed by atoms with Crippen LogP contribution in [0.4, 0.5) is 0 Å². The normalized spacial score (nSPS) is 17.8. The highest BCUT2D eigenvalue weighted by Crippen LogP contribution is 2.14. The predicted octanol–water partition coefficient (Wildman–Crippen LogP) is 0.564. The van der Waals surface area contributed by atoms with Gasteiger partial charge in [0.1, 0.15) is 11.5 Å². The minimum atomic E-state index is -0.200. The SMILES string of the molecule is Cc1ccc(CC(CN)C(=O)N2CCOCC2)o1. The van der Waals surface area contributed by atoms with Gasteiger partial charge in [0.2, 0.25) is 5.91 Å². The van der Waals surface area contributed by atoms with E-state index in [1.165, 1.54) is 0 Å². The molecule has 1 atom stereocenters. The highest BCUT2D eigenvalue weighted by molar-refractivity contribution is 5.79. The molecule has 1 aliphatic heterocycles. The number of carbonyl (C=O) groups excluding carboxylic acids is 1. The summed E-state index contributed by atoms with van der Waals surface area (Å²) in [5, 5.41) is 0. The summed E-state index contributed by atoms with van der Waals surface area (Å²) < 4.78 is 10.7. The Hall–Kier alpha value is -1.33. The van der Waals surface area contributed by atoms with E-state index in [4.69, 9.17) is 14.9 Å². The Balaban J connectivity index is 1.96. The van der Waals surface area contributed by atoms with Gasteiger partial charge >= 0.3 is 0 Å². The van der Waals surface area contributed by atoms with Crippen molar-refractivity contribution >= 4 is 5.91 Å². The molecule has 1 aromatic rings. The summed E-state index contributed by atoms with van der Waals surface area (Å²) in [6, 6.07) is 3.81. The van der Waals surface area contributed by atoms with E-state index in [1.54, 1.807) is 0 Å². The fourth-order valence-electron chi connectivity index (χ4n) is 2.15. The molecule has 1 saturated heterocycles. The second kappa shape index (κ2) is 6.02. The van der Waals surface area contributed by atoms with E-state index in [0.717, 1.165) is 11.5 Å². The number of nitrogens with zero attached hydrogens (tertiary/aromatic N) is 1. The van der Waals surface area contributed by atoms with Crippen molar-refractivity contribution in [1.82, 2.24) is 4.90 Å². The van der Waals surface area contributed by atoms with Crippen molar-refractivity contribution in [3.05, 3.63) is 23.7 Å². The quantitative estimate of drug-likeness (QED) is 0.850. The third-order valence-corrected chi connectivity index (χ3v) is 3.20. The lowest BCUT2D eigenvalue weighted by molar-refractivity contribution is -0.139. The van der Waals surface area contributed by atoms with Crippen LogP contribution in [0.2, 0.25) is 0 Å². The summed E-state index contributed by atoms with van der Waals surface area (Å²) in [7, 11) is 0. The van der Waals surface area contributed by atoms with Crippen molar-refractivity contribution < 1.29 is 13.9 Å². The molecule has 0 bridgehead atoms. The van der Waals surface area contributed by atoms with Gasteiger partial charge < -0.3 is 19.8 Å². The average Bonchev–Trinajstić information content (AvgIpc) is 2.82. The molecule has 0 saturated carbocycles. The van der Waals surface area contributed by atoms with Crippen LogP contribution < -0.4 is 5.73 Å². The van der Waals surface area contributed by atoms with Crippen molar-refractivity contribution in [2.75, 3.05) is 32.8 Å². The summed E-state index contributed by atoms with van der Waals surface area (Å²) in [4.78, 5) is 14.1. The predicted molar refractivity (Wildman–Crippen MR) is 67.1 cm³/mol. The third kappa shape index (κ3) is 3.11. The molecule has 1 aliphatic rings. The Labute approximate surface area is 107 Å². The second-order valence-corrected chi connectivity index (χ2v) is 4.59. The topological polar surface area (TPSA) is 68.7 Å². The summed E-state index contributed by atoms with van der Waals surface area (Å²) in [5.41, 5.74) is 5.71. The van der Waals surface area contributed by atoms with Crippen LogP contribution in [0.25, 0.3) is 0 Å². The van der Waals surface area contributed by atoms with Crippen molar-refractivity contribution in [2.24, 2.45) is 11.7 Å². The number of hydrogen-bond acceptors (Lipinski definition) is 4. The van der Waals surface area contributed by atoms with E-state index in [-0.39, 0.29) is 11.8 Å². The summed E-state index contributed by atoms with van der Waals surface area (Å²) >= 11 is 0. The Morgan fingerprint density at radius 1 is 1.44 bits per heavy atom. The summed E-state index contributed by atoms with van der Waals surface area (Å²) in [5.74, 6) is 1.59. The fourth-order valence-corrected chi connectivity index (χ4v) is 2.15. The maximum atomic E-state index is 12.3. The molecule has 0 aromatic carbocycles. The number of amides is 1. The highest BCUT2D eigenvalue weighted by Gasteiger charge is 2.25. The van der Waals surface area contributed by atoms with Crippen LogP contribution in [-0.2, 0) is 16.0 Å². The Bertz CT molecular complexity index is 397. The first-order chi connectivity index (χ1) is 8.70. The first-order valence-corrected chi connectivity index (χ1v) is 6.32. The van der Waals surface area contributed by atoms with E-state index in [2.05, 4.69) is 0 Å². The largest absolute Gasteiger partial charge is 0.466 e. The molecule has 5 heteroatoms. The molecule has 2 heterocycles. The van der Waals surface area contributed by atoms with Crippen LogP contribution >= 0.6 is 0 Å². The number of hydrogen-bond donors (Lipinski definition) is 1. The van der Waals surface area contributed by atoms with Gasteiger partial charge in [0.15, 0.2) is 0 Å². The molecule has 1 amide bonds. The van der Waals surface area contributed by atoms with Crippen LogP contribution in [0.15, 0.2) is 16.5 Å². The maximum Gasteiger partial charge on any atom is 0.227 e. The van der Waals surface area contributed by atoms with Gasteiger partial charge in [0, 0.05) is 26.1 Å². The Kier molecular flexibility index (Phi) is 4.38. The molecule has 5 nitrogen and oxygen atoms in total. The number of carbonyl (C=O) groups is 1. The number of nitrogens with two attached hydrogens (primary N) is 1. The van der Waals surface area contributed by atoms with Gasteiger partial charge in [-0.3, -0.25) is 4.79 Å². The standard InChI is InChI=1S/C13H20N2O3/c1-10-2-3-12(18-10)8-11(9-14)13(16)15-4-6-17-7-5-15/h2-3,11H,4-9,14H2,1H3. The summed E-state index contributed by atoms with van der Waals surface area (Å²) in [6.07, 6.45) is 0.570. The fraction of sp³-hybridized carbons (Fsp3) is 0.615. The summed E-state index contributed by atoms with van der Waals surface area (Å²) in [6.45, 7) is 4.78. The van der Waals surface area contributed by atoms with Crippen molar-refractivity contribution in [1.29, 1.82) is 0 Å². The van der Waals surface area contributed by atoms with E-state index in [1.807, 2.05) is 24.0 Å². The van der Waals surface area contributed by atoms with E-state index < -0.39 is 0 Å². The molecule has 0 radical (unpaired) electrons. The van der Waals surface area contributed by atoms with Gasteiger partial charge in [-0.2, -0.15) is 0 Å². The number of morpholine rings is 1. The molecule has 0 spiro atoms. The molecular weight excluding hydrogens is 232 g/mol. The highest BCUT2D eigenvalue weighted by atomic mass is 16.5. The zero-order chi connectivity index (χ0) is 13.0. The van der Waals surface area contributed by atoms with Crippen LogP contribution in [0.3, 0.4) is 0 Å². The lowest BCUT2D eigenvalue weighted by Gasteiger charge is -2.29. The third-order valence-electron chi connectivity index (χ3n) is 3.20. The van der Waals surface area contributed by atoms with Crippen LogP contribution in [0.1, 0.15) is 11.5 Å². The molecule has 18 heavy (non-hydrogen) atoms. The number of ether oxygens (including phenoxy) is 1. The van der Waals surface area contributed by atoms with Crippen molar-refractivity contribution in [3.8, 4) is 0 Å². The van der Waals surface area contributed by atoms with E-state index >= 15 is 0 Å². The first-order valence-electron chi connectivity index (χ1n) is 6.32. The number of furan rings is 1. The minimum absolute atomic E-state index is 0.106. The zero-order valence-electron chi connectivity index (χ0n) is 10.7. The Morgan fingerprint density at radius 3 is 2.72 bits per heavy atom. The van der Waals surface area contributed by atoms with Gasteiger partial charge in [0.25, 0.3) is 0 Å². The smallest absolute Gasteiger partial charge is 0.227 e. The monoisotopic (exact) mass is 252 g/mol. The van der Waals surface area contributed by atoms with Crippen molar-refractivity contribution in [3.63, 3.8) is 0 Å². The first kappa shape index (κ1) is 13.1. The van der Waals surface area contributed by atoms with Crippen molar-refractivity contribution in [2.45, 2.75) is 13.3 Å². The minimum Gasteiger partial charge on any atom is -0.466 e. The molecule has 1 aromatic heterocycles. The van der Waals surface area contributed by atoms with E-state index in [9.17, 15) is 4.79 Å². The molecule has 2 rings (SSSR count). The lowest BCUT2D eigenvalue weighted by Crippen LogP contribution is -2.45. The maximum absolute atomic E-state index is 12.3. The van der Waals surface area contributed by atoms with Gasteiger partial charge in [-0.15, -0.1) is 0 Å². The van der Waals surface area contributed by atoms with Gasteiger partial charge in [-0.05, 0) is 19.1 Å². The van der Waals surface area contributed by atoms with Gasteiger partial charge in [-0.1, -0.05) is 0 Å². The van der Waals surface area contributed by atoms with E-state index in [0.29, 0.717) is 39.3 Å². The van der Waals surface area contributed by atoms with Crippen LogP contribution in [-0.4, -0.2) is 43.7 Å². The zero-order valence-corrected chi connectivity index (χ0v) is 10.7. The number of aryl methyl sites for hydroxylation is 1. The average molecular weight is 252 g/mol.